The van der Waals surface area contributed by atoms with Gasteiger partial charge in [0.2, 0.25) is 5.91 Å². The van der Waals surface area contributed by atoms with Gasteiger partial charge in [0.1, 0.15) is 6.04 Å². The van der Waals surface area contributed by atoms with Gasteiger partial charge in [-0.05, 0) is 18.6 Å². The van der Waals surface area contributed by atoms with Crippen molar-refractivity contribution in [2.75, 3.05) is 14.1 Å². The smallest absolute Gasteiger partial charge is 0.243 e. The van der Waals surface area contributed by atoms with Gasteiger partial charge in [0.05, 0.1) is 6.54 Å². The minimum absolute atomic E-state index is 0.0496. The fourth-order valence-corrected chi connectivity index (χ4v) is 2.24. The Balaban J connectivity index is 2.10. The Morgan fingerprint density at radius 1 is 1.29 bits per heavy atom. The number of hydrogen-bond donors (Lipinski definition) is 1. The summed E-state index contributed by atoms with van der Waals surface area (Å²) in [5, 5.41) is 7.60. The highest BCUT2D eigenvalue weighted by molar-refractivity contribution is 5.82. The van der Waals surface area contributed by atoms with Crippen LogP contribution in [0.5, 0.6) is 0 Å². The van der Waals surface area contributed by atoms with Gasteiger partial charge in [-0.15, -0.1) is 0 Å². The van der Waals surface area contributed by atoms with Gasteiger partial charge in [-0.3, -0.25) is 14.8 Å². The topological polar surface area (TPSA) is 50.2 Å². The van der Waals surface area contributed by atoms with Crippen molar-refractivity contribution in [1.29, 1.82) is 0 Å². The molecule has 0 radical (unpaired) electrons. The molecule has 2 aromatic rings. The van der Waals surface area contributed by atoms with E-state index in [4.69, 9.17) is 0 Å². The standard InChI is InChI=1S/C16H22N4O/c1-13(12-20-11-7-10-17-20)18-15(16(21)19(2)3)14-8-5-4-6-9-14/h4-11,13,15,18H,12H2,1-3H3/t13-,15+/m1/s1. The molecule has 0 saturated carbocycles. The molecule has 21 heavy (non-hydrogen) atoms. The number of aromatic nitrogens is 2. The molecule has 0 fully saturated rings. The van der Waals surface area contributed by atoms with E-state index in [1.165, 1.54) is 0 Å². The number of likely N-dealkylation sites (N-methyl/N-ethyl adjacent to an activating group) is 1. The molecule has 0 aliphatic rings. The average molecular weight is 286 g/mol. The van der Waals surface area contributed by atoms with E-state index in [1.54, 1.807) is 25.2 Å². The van der Waals surface area contributed by atoms with E-state index < -0.39 is 0 Å². The first kappa shape index (κ1) is 15.3. The molecule has 1 amide bonds. The SMILES string of the molecule is C[C@H](Cn1cccn1)N[C@H](C(=O)N(C)C)c1ccccc1. The second-order valence-electron chi connectivity index (χ2n) is 5.37. The van der Waals surface area contributed by atoms with Gasteiger partial charge >= 0.3 is 0 Å². The molecule has 0 unspecified atom stereocenters. The summed E-state index contributed by atoms with van der Waals surface area (Å²) < 4.78 is 1.86. The molecule has 112 valence electrons. The Bertz CT molecular complexity index is 551. The van der Waals surface area contributed by atoms with Gasteiger partial charge < -0.3 is 4.90 Å². The molecule has 1 N–H and O–H groups in total. The minimum Gasteiger partial charge on any atom is -0.347 e. The summed E-state index contributed by atoms with van der Waals surface area (Å²) in [5.41, 5.74) is 0.975. The van der Waals surface area contributed by atoms with Crippen LogP contribution >= 0.6 is 0 Å². The van der Waals surface area contributed by atoms with Gasteiger partial charge in [-0.1, -0.05) is 30.3 Å². The summed E-state index contributed by atoms with van der Waals surface area (Å²) in [6.07, 6.45) is 3.68. The maximum absolute atomic E-state index is 12.4. The molecule has 0 spiro atoms. The zero-order valence-electron chi connectivity index (χ0n) is 12.7. The van der Waals surface area contributed by atoms with E-state index in [-0.39, 0.29) is 18.0 Å². The molecule has 5 nitrogen and oxygen atoms in total. The Morgan fingerprint density at radius 2 is 2.00 bits per heavy atom. The summed E-state index contributed by atoms with van der Waals surface area (Å²) in [5.74, 6) is 0.0496. The Morgan fingerprint density at radius 3 is 2.57 bits per heavy atom. The number of carbonyl (C=O) groups is 1. The van der Waals surface area contributed by atoms with E-state index in [2.05, 4.69) is 17.3 Å². The number of nitrogens with zero attached hydrogens (tertiary/aromatic N) is 3. The Kier molecular flexibility index (Phi) is 5.11. The predicted molar refractivity (Wildman–Crippen MR) is 82.7 cm³/mol. The predicted octanol–water partition coefficient (Wildman–Crippen LogP) is 1.69. The maximum Gasteiger partial charge on any atom is 0.243 e. The highest BCUT2D eigenvalue weighted by Crippen LogP contribution is 2.15. The average Bonchev–Trinajstić information content (AvgIpc) is 2.97. The number of carbonyl (C=O) groups excluding carboxylic acids is 1. The van der Waals surface area contributed by atoms with Crippen LogP contribution in [0.25, 0.3) is 0 Å². The lowest BCUT2D eigenvalue weighted by atomic mass is 10.0. The van der Waals surface area contributed by atoms with Gasteiger partial charge in [0, 0.05) is 32.5 Å². The second-order valence-corrected chi connectivity index (χ2v) is 5.37. The molecule has 5 heteroatoms. The van der Waals surface area contributed by atoms with Crippen molar-refractivity contribution < 1.29 is 4.79 Å². The van der Waals surface area contributed by atoms with Crippen molar-refractivity contribution in [1.82, 2.24) is 20.0 Å². The molecule has 0 saturated heterocycles. The first-order chi connectivity index (χ1) is 10.1. The summed E-state index contributed by atoms with van der Waals surface area (Å²) in [7, 11) is 3.55. The first-order valence-corrected chi connectivity index (χ1v) is 7.07. The molecule has 1 aromatic carbocycles. The lowest BCUT2D eigenvalue weighted by Crippen LogP contribution is -2.42. The lowest BCUT2D eigenvalue weighted by Gasteiger charge is -2.25. The number of amides is 1. The van der Waals surface area contributed by atoms with Gasteiger partial charge in [-0.25, -0.2) is 0 Å². The molecular weight excluding hydrogens is 264 g/mol. The van der Waals surface area contributed by atoms with E-state index in [9.17, 15) is 4.79 Å². The maximum atomic E-state index is 12.4. The molecular formula is C16H22N4O. The molecule has 0 bridgehead atoms. The summed E-state index contributed by atoms with van der Waals surface area (Å²) in [6.45, 7) is 2.78. The van der Waals surface area contributed by atoms with Crippen LogP contribution < -0.4 is 5.32 Å². The van der Waals surface area contributed by atoms with Gasteiger partial charge in [-0.2, -0.15) is 5.10 Å². The molecule has 2 rings (SSSR count). The molecule has 0 aliphatic carbocycles. The molecule has 1 heterocycles. The van der Waals surface area contributed by atoms with Crippen molar-refractivity contribution >= 4 is 5.91 Å². The van der Waals surface area contributed by atoms with Crippen LogP contribution in [0.1, 0.15) is 18.5 Å². The van der Waals surface area contributed by atoms with Gasteiger partial charge in [0.15, 0.2) is 0 Å². The first-order valence-electron chi connectivity index (χ1n) is 7.07. The highest BCUT2D eigenvalue weighted by atomic mass is 16.2. The van der Waals surface area contributed by atoms with Crippen molar-refractivity contribution in [2.45, 2.75) is 25.6 Å². The Labute approximate surface area is 125 Å². The zero-order chi connectivity index (χ0) is 15.2. The number of rotatable bonds is 6. The number of benzene rings is 1. The minimum atomic E-state index is -0.341. The Hall–Kier alpha value is -2.14. The van der Waals surface area contributed by atoms with Crippen LogP contribution in [-0.2, 0) is 11.3 Å². The molecule has 2 atom stereocenters. The second kappa shape index (κ2) is 7.04. The zero-order valence-corrected chi connectivity index (χ0v) is 12.7. The van der Waals surface area contributed by atoms with Crippen LogP contribution in [0.15, 0.2) is 48.8 Å². The third-order valence-corrected chi connectivity index (χ3v) is 3.29. The van der Waals surface area contributed by atoms with Crippen molar-refractivity contribution in [3.8, 4) is 0 Å². The lowest BCUT2D eigenvalue weighted by molar-refractivity contribution is -0.131. The normalized spacial score (nSPS) is 13.7. The van der Waals surface area contributed by atoms with Crippen LogP contribution in [0.3, 0.4) is 0 Å². The third-order valence-electron chi connectivity index (χ3n) is 3.29. The van der Waals surface area contributed by atoms with E-state index in [0.29, 0.717) is 0 Å². The van der Waals surface area contributed by atoms with E-state index >= 15 is 0 Å². The van der Waals surface area contributed by atoms with Crippen LogP contribution in [0.4, 0.5) is 0 Å². The van der Waals surface area contributed by atoms with Crippen molar-refractivity contribution in [3.63, 3.8) is 0 Å². The summed E-state index contributed by atoms with van der Waals surface area (Å²) >= 11 is 0. The van der Waals surface area contributed by atoms with Crippen molar-refractivity contribution in [2.24, 2.45) is 0 Å². The molecule has 0 aliphatic heterocycles. The number of hydrogen-bond acceptors (Lipinski definition) is 3. The molecule has 1 aromatic heterocycles. The fraction of sp³-hybridized carbons (Fsp3) is 0.375. The quantitative estimate of drug-likeness (QED) is 0.879. The largest absolute Gasteiger partial charge is 0.347 e. The van der Waals surface area contributed by atoms with Crippen molar-refractivity contribution in [3.05, 3.63) is 54.4 Å². The van der Waals surface area contributed by atoms with Crippen LogP contribution in [-0.4, -0.2) is 40.7 Å². The third kappa shape index (κ3) is 4.16. The van der Waals surface area contributed by atoms with Crippen LogP contribution in [0, 0.1) is 0 Å². The highest BCUT2D eigenvalue weighted by Gasteiger charge is 2.23. The summed E-state index contributed by atoms with van der Waals surface area (Å²) in [6, 6.07) is 11.5. The van der Waals surface area contributed by atoms with Crippen LogP contribution in [0.2, 0.25) is 0 Å². The number of nitrogens with one attached hydrogen (secondary N) is 1. The van der Waals surface area contributed by atoms with E-state index in [0.717, 1.165) is 12.1 Å². The monoisotopic (exact) mass is 286 g/mol. The van der Waals surface area contributed by atoms with Gasteiger partial charge in [0.25, 0.3) is 0 Å². The van der Waals surface area contributed by atoms with E-state index in [1.807, 2.05) is 47.3 Å². The summed E-state index contributed by atoms with van der Waals surface area (Å²) in [4.78, 5) is 14.0. The fourth-order valence-electron chi connectivity index (χ4n) is 2.24.